The number of halogens is 5. The molecule has 3 aromatic carbocycles. The van der Waals surface area contributed by atoms with Gasteiger partial charge in [-0.2, -0.15) is 23.1 Å². The fourth-order valence-electron chi connectivity index (χ4n) is 8.76. The molecular formula is C41H35F5N6O3. The number of benzene rings is 3. The van der Waals surface area contributed by atoms with Gasteiger partial charge in [0.1, 0.15) is 22.9 Å². The molecule has 282 valence electrons. The van der Waals surface area contributed by atoms with Crippen molar-refractivity contribution in [2.75, 3.05) is 37.7 Å². The van der Waals surface area contributed by atoms with E-state index in [2.05, 4.69) is 31.8 Å². The minimum Gasteiger partial charge on any atom is -0.508 e. The zero-order valence-corrected chi connectivity index (χ0v) is 29.5. The summed E-state index contributed by atoms with van der Waals surface area (Å²) in [6.45, 7) is 2.48. The van der Waals surface area contributed by atoms with Gasteiger partial charge in [-0.3, -0.25) is 14.7 Å². The van der Waals surface area contributed by atoms with Crippen LogP contribution in [0.15, 0.2) is 54.7 Å². The van der Waals surface area contributed by atoms with Gasteiger partial charge in [-0.25, -0.2) is 8.78 Å². The van der Waals surface area contributed by atoms with E-state index in [-0.39, 0.29) is 59.2 Å². The highest BCUT2D eigenvalue weighted by Crippen LogP contribution is 2.48. The molecule has 0 spiro atoms. The van der Waals surface area contributed by atoms with Gasteiger partial charge in [-0.05, 0) is 73.4 Å². The van der Waals surface area contributed by atoms with Gasteiger partial charge in [-0.1, -0.05) is 24.1 Å². The van der Waals surface area contributed by atoms with Gasteiger partial charge < -0.3 is 19.6 Å². The number of pyridine rings is 1. The van der Waals surface area contributed by atoms with E-state index in [0.717, 1.165) is 49.0 Å². The molecule has 3 aliphatic heterocycles. The van der Waals surface area contributed by atoms with Crippen molar-refractivity contribution in [3.05, 3.63) is 83.2 Å². The molecule has 14 heteroatoms. The highest BCUT2D eigenvalue weighted by molar-refractivity contribution is 6.04. The second-order valence-corrected chi connectivity index (χ2v) is 15.2. The minimum atomic E-state index is -5.03. The molecular weight excluding hydrogens is 719 g/mol. The van der Waals surface area contributed by atoms with Crippen LogP contribution >= 0.6 is 0 Å². The number of rotatable bonds is 7. The van der Waals surface area contributed by atoms with Crippen LogP contribution in [-0.2, 0) is 17.8 Å². The standard InChI is InChI=1S/C41H35F5N6O3/c1-2-23-5-3-6-25-15-28(53)16-29(33(23)25)34-31(42)17-30-36(35(34)43)48-39(49-37(30)51-18-26-8-9-27(19-51)52(26)38(54)41(44,45)46)55-22-40(11-12-40)21-50-14-10-24-7-4-13-47-32(24)20-50/h1,3-7,13,15-17,26-27,53H,8-12,14,18-22H2. The third-order valence-corrected chi connectivity index (χ3v) is 11.6. The fraction of sp³-hybridized carbons (Fsp3) is 0.366. The van der Waals surface area contributed by atoms with Crippen LogP contribution in [0.3, 0.4) is 0 Å². The number of carbonyl (C=O) groups excluding carboxylic acids is 1. The molecule has 9 rings (SSSR count). The van der Waals surface area contributed by atoms with Crippen LogP contribution in [0, 0.1) is 29.4 Å². The zero-order valence-electron chi connectivity index (χ0n) is 29.5. The van der Waals surface area contributed by atoms with Crippen molar-refractivity contribution in [3.63, 3.8) is 0 Å². The lowest BCUT2D eigenvalue weighted by Crippen LogP contribution is -2.59. The number of alkyl halides is 3. The van der Waals surface area contributed by atoms with Gasteiger partial charge in [-0.15, -0.1) is 6.42 Å². The number of aromatic hydroxyl groups is 1. The van der Waals surface area contributed by atoms with E-state index in [9.17, 15) is 23.1 Å². The maximum absolute atomic E-state index is 17.1. The summed E-state index contributed by atoms with van der Waals surface area (Å²) in [5.41, 5.74) is 1.73. The average molecular weight is 755 g/mol. The van der Waals surface area contributed by atoms with Crippen molar-refractivity contribution in [1.29, 1.82) is 0 Å². The predicted octanol–water partition coefficient (Wildman–Crippen LogP) is 6.77. The van der Waals surface area contributed by atoms with Crippen LogP contribution in [-0.4, -0.2) is 86.8 Å². The Kier molecular flexibility index (Phi) is 8.34. The largest absolute Gasteiger partial charge is 0.508 e. The number of carbonyl (C=O) groups is 1. The van der Waals surface area contributed by atoms with Crippen LogP contribution in [0.4, 0.5) is 27.8 Å². The summed E-state index contributed by atoms with van der Waals surface area (Å²) in [6, 6.07) is 11.1. The number of piperazine rings is 1. The molecule has 2 atom stereocenters. The number of phenolic OH excluding ortho intramolecular Hbond substituents is 1. The normalized spacial score (nSPS) is 20.4. The molecule has 4 aliphatic rings. The monoisotopic (exact) mass is 754 g/mol. The molecule has 1 N–H and O–H groups in total. The Hall–Kier alpha value is -5.55. The summed E-state index contributed by atoms with van der Waals surface area (Å²) >= 11 is 0. The highest BCUT2D eigenvalue weighted by Gasteiger charge is 2.52. The van der Waals surface area contributed by atoms with Crippen LogP contribution in [0.2, 0.25) is 0 Å². The molecule has 2 unspecified atom stereocenters. The zero-order chi connectivity index (χ0) is 38.2. The number of phenols is 1. The number of hydrogen-bond donors (Lipinski definition) is 1. The second-order valence-electron chi connectivity index (χ2n) is 15.2. The van der Waals surface area contributed by atoms with Crippen molar-refractivity contribution >= 4 is 33.4 Å². The summed E-state index contributed by atoms with van der Waals surface area (Å²) in [7, 11) is 0. The van der Waals surface area contributed by atoms with Gasteiger partial charge in [0.25, 0.3) is 0 Å². The first kappa shape index (κ1) is 35.2. The molecule has 0 radical (unpaired) electrons. The number of nitrogens with zero attached hydrogens (tertiary/aromatic N) is 6. The number of terminal acetylenes is 1. The van der Waals surface area contributed by atoms with Gasteiger partial charge in [0.05, 0.1) is 29.9 Å². The second kappa shape index (κ2) is 13.0. The topological polar surface area (TPSA) is 94.9 Å². The van der Waals surface area contributed by atoms with E-state index < -0.39 is 41.4 Å². The lowest BCUT2D eigenvalue weighted by atomic mass is 9.93. The summed E-state index contributed by atoms with van der Waals surface area (Å²) in [6.07, 6.45) is 5.89. The average Bonchev–Trinajstić information content (AvgIpc) is 3.88. The molecule has 1 amide bonds. The number of ether oxygens (including phenoxy) is 1. The van der Waals surface area contributed by atoms with Gasteiger partial charge in [0.2, 0.25) is 0 Å². The Morgan fingerprint density at radius 2 is 1.84 bits per heavy atom. The lowest BCUT2D eigenvalue weighted by Gasteiger charge is -2.42. The molecule has 5 aromatic rings. The molecule has 1 aliphatic carbocycles. The van der Waals surface area contributed by atoms with Gasteiger partial charge in [0.15, 0.2) is 5.82 Å². The lowest BCUT2D eigenvalue weighted by molar-refractivity contribution is -0.188. The molecule has 2 saturated heterocycles. The van der Waals surface area contributed by atoms with Gasteiger partial charge >= 0.3 is 18.1 Å². The quantitative estimate of drug-likeness (QED) is 0.144. The van der Waals surface area contributed by atoms with Crippen molar-refractivity contribution in [2.24, 2.45) is 5.41 Å². The Balaban J connectivity index is 1.11. The maximum atomic E-state index is 17.1. The van der Waals surface area contributed by atoms with E-state index >= 15 is 8.78 Å². The van der Waals surface area contributed by atoms with Crippen molar-refractivity contribution in [2.45, 2.75) is 56.9 Å². The number of hydrogen-bond acceptors (Lipinski definition) is 8. The minimum absolute atomic E-state index is 0.0108. The van der Waals surface area contributed by atoms with E-state index in [1.807, 2.05) is 6.07 Å². The Bertz CT molecular complexity index is 2420. The molecule has 3 fully saturated rings. The van der Waals surface area contributed by atoms with E-state index in [0.29, 0.717) is 35.7 Å². The smallest absolute Gasteiger partial charge is 0.471 e. The number of anilines is 1. The molecule has 2 bridgehead atoms. The molecule has 55 heavy (non-hydrogen) atoms. The first-order chi connectivity index (χ1) is 26.4. The van der Waals surface area contributed by atoms with Gasteiger partial charge in [0, 0.05) is 66.2 Å². The van der Waals surface area contributed by atoms with Crippen LogP contribution in [0.25, 0.3) is 32.8 Å². The van der Waals surface area contributed by atoms with E-state index in [4.69, 9.17) is 11.2 Å². The highest BCUT2D eigenvalue weighted by atomic mass is 19.4. The predicted molar refractivity (Wildman–Crippen MR) is 194 cm³/mol. The third kappa shape index (κ3) is 6.24. The van der Waals surface area contributed by atoms with E-state index in [1.165, 1.54) is 17.7 Å². The summed E-state index contributed by atoms with van der Waals surface area (Å²) < 4.78 is 80.5. The first-order valence-electron chi connectivity index (χ1n) is 18.3. The molecule has 1 saturated carbocycles. The fourth-order valence-corrected chi connectivity index (χ4v) is 8.76. The molecule has 2 aromatic heterocycles. The summed E-state index contributed by atoms with van der Waals surface area (Å²) in [5, 5.41) is 11.4. The van der Waals surface area contributed by atoms with Crippen LogP contribution in [0.1, 0.15) is 42.5 Å². The van der Waals surface area contributed by atoms with Crippen molar-refractivity contribution in [1.82, 2.24) is 24.8 Å². The number of aromatic nitrogens is 3. The number of fused-ring (bicyclic) bond motifs is 5. The molecule has 9 nitrogen and oxygen atoms in total. The maximum Gasteiger partial charge on any atom is 0.471 e. The number of amides is 1. The Morgan fingerprint density at radius 3 is 2.56 bits per heavy atom. The van der Waals surface area contributed by atoms with Crippen LogP contribution in [0.5, 0.6) is 11.8 Å². The first-order valence-corrected chi connectivity index (χ1v) is 18.3. The molecule has 5 heterocycles. The van der Waals surface area contributed by atoms with Crippen LogP contribution < -0.4 is 9.64 Å². The van der Waals surface area contributed by atoms with Crippen molar-refractivity contribution < 1.29 is 36.6 Å². The Morgan fingerprint density at radius 1 is 1.05 bits per heavy atom. The van der Waals surface area contributed by atoms with E-state index in [1.54, 1.807) is 29.3 Å². The SMILES string of the molecule is C#Cc1cccc2cc(O)cc(-c3c(F)cc4c(N5CC6CCC(C5)N6C(=O)C(F)(F)F)nc(OCC5(CN6CCc7cccnc7C6)CC5)nc4c3F)c12. The summed E-state index contributed by atoms with van der Waals surface area (Å²) in [5.74, 6) is -1.50. The Labute approximate surface area is 312 Å². The third-order valence-electron chi connectivity index (χ3n) is 11.6. The summed E-state index contributed by atoms with van der Waals surface area (Å²) in [4.78, 5) is 31.0. The van der Waals surface area contributed by atoms with Crippen molar-refractivity contribution in [3.8, 4) is 35.2 Å².